The first-order valence-electron chi connectivity index (χ1n) is 8.90. The maximum Gasteiger partial charge on any atom is 0.243 e. The van der Waals surface area contributed by atoms with Gasteiger partial charge in [-0.25, -0.2) is 8.42 Å². The molecule has 0 heterocycles. The fraction of sp³-hybridized carbons (Fsp3) is 0.350. The molecule has 0 aliphatic carbocycles. The summed E-state index contributed by atoms with van der Waals surface area (Å²) in [6.07, 6.45) is 1.40. The van der Waals surface area contributed by atoms with Crippen LogP contribution < -0.4 is 11.5 Å². The molecule has 0 aromatic heterocycles. The molecule has 0 fully saturated rings. The lowest BCUT2D eigenvalue weighted by molar-refractivity contribution is 0.167. The molecule has 2 aromatic carbocycles. The summed E-state index contributed by atoms with van der Waals surface area (Å²) >= 11 is 0. The van der Waals surface area contributed by atoms with Crippen LogP contribution in [-0.2, 0) is 16.4 Å². The van der Waals surface area contributed by atoms with Crippen LogP contribution in [0.3, 0.4) is 0 Å². The van der Waals surface area contributed by atoms with Gasteiger partial charge in [0.05, 0.1) is 22.4 Å². The molecule has 0 aliphatic rings. The van der Waals surface area contributed by atoms with Crippen molar-refractivity contribution in [2.24, 2.45) is 5.92 Å². The predicted molar refractivity (Wildman–Crippen MR) is 109 cm³/mol. The van der Waals surface area contributed by atoms with Gasteiger partial charge < -0.3 is 16.6 Å². The van der Waals surface area contributed by atoms with Crippen LogP contribution in [0.4, 0.5) is 11.4 Å². The molecule has 0 saturated carbocycles. The zero-order valence-corrected chi connectivity index (χ0v) is 16.6. The summed E-state index contributed by atoms with van der Waals surface area (Å²) in [5.74, 6) is 0.104. The van der Waals surface area contributed by atoms with Crippen LogP contribution in [0.2, 0.25) is 0 Å². The third-order valence-electron chi connectivity index (χ3n) is 4.12. The average Bonchev–Trinajstić information content (AvgIpc) is 2.62. The molecular formula is C20H28N3O3S. The lowest BCUT2D eigenvalue weighted by Gasteiger charge is -2.26. The second-order valence-corrected chi connectivity index (χ2v) is 8.94. The van der Waals surface area contributed by atoms with Gasteiger partial charge >= 0.3 is 0 Å². The highest BCUT2D eigenvalue weighted by Crippen LogP contribution is 2.24. The number of aliphatic hydroxyl groups excluding tert-OH is 1. The Kier molecular flexibility index (Phi) is 7.24. The van der Waals surface area contributed by atoms with Crippen molar-refractivity contribution in [3.05, 3.63) is 60.5 Å². The summed E-state index contributed by atoms with van der Waals surface area (Å²) in [6, 6.07) is 14.0. The van der Waals surface area contributed by atoms with E-state index in [1.807, 2.05) is 44.2 Å². The Morgan fingerprint density at radius 3 is 2.30 bits per heavy atom. The van der Waals surface area contributed by atoms with Crippen LogP contribution in [0.5, 0.6) is 0 Å². The minimum Gasteiger partial charge on any atom is -0.397 e. The zero-order chi connectivity index (χ0) is 20.0. The van der Waals surface area contributed by atoms with Gasteiger partial charge in [-0.1, -0.05) is 44.2 Å². The summed E-state index contributed by atoms with van der Waals surface area (Å²) in [4.78, 5) is 0.0742. The van der Waals surface area contributed by atoms with Crippen molar-refractivity contribution in [2.75, 3.05) is 24.6 Å². The first-order valence-corrected chi connectivity index (χ1v) is 10.3. The summed E-state index contributed by atoms with van der Waals surface area (Å²) in [5, 5.41) is 10.4. The minimum absolute atomic E-state index is 0.0162. The van der Waals surface area contributed by atoms with Gasteiger partial charge in [0.2, 0.25) is 10.0 Å². The Morgan fingerprint density at radius 1 is 1.04 bits per heavy atom. The van der Waals surface area contributed by atoms with Crippen molar-refractivity contribution >= 4 is 21.4 Å². The van der Waals surface area contributed by atoms with Crippen LogP contribution in [0, 0.1) is 12.3 Å². The lowest BCUT2D eigenvalue weighted by Crippen LogP contribution is -2.40. The number of sulfonamides is 1. The molecule has 147 valence electrons. The fourth-order valence-electron chi connectivity index (χ4n) is 2.71. The van der Waals surface area contributed by atoms with Gasteiger partial charge in [-0.2, -0.15) is 4.31 Å². The summed E-state index contributed by atoms with van der Waals surface area (Å²) in [7, 11) is -3.80. The molecule has 0 amide bonds. The number of rotatable bonds is 9. The van der Waals surface area contributed by atoms with Crippen LogP contribution in [0.25, 0.3) is 0 Å². The van der Waals surface area contributed by atoms with Gasteiger partial charge in [0.1, 0.15) is 0 Å². The maximum atomic E-state index is 13.0. The third-order valence-corrected chi connectivity index (χ3v) is 5.95. The number of nitrogens with two attached hydrogens (primary N) is 2. The SMILES string of the molecule is CC(C)CN(CC(O)[CH]Cc1ccccc1)S(=O)(=O)c1ccc(N)c(N)c1. The Labute approximate surface area is 161 Å². The van der Waals surface area contributed by atoms with Gasteiger partial charge in [-0.05, 0) is 42.5 Å². The third kappa shape index (κ3) is 5.95. The number of aliphatic hydroxyl groups is 1. The van der Waals surface area contributed by atoms with E-state index >= 15 is 0 Å². The van der Waals surface area contributed by atoms with Crippen LogP contribution in [0.15, 0.2) is 53.4 Å². The van der Waals surface area contributed by atoms with Gasteiger partial charge in [0, 0.05) is 13.1 Å². The van der Waals surface area contributed by atoms with Crippen molar-refractivity contribution in [3.63, 3.8) is 0 Å². The Balaban J connectivity index is 2.14. The number of nitrogen functional groups attached to an aromatic ring is 2. The molecule has 6 nitrogen and oxygen atoms in total. The van der Waals surface area contributed by atoms with Gasteiger partial charge in [0.15, 0.2) is 0 Å². The van der Waals surface area contributed by atoms with E-state index in [1.165, 1.54) is 22.5 Å². The van der Waals surface area contributed by atoms with Gasteiger partial charge in [-0.3, -0.25) is 0 Å². The number of hydrogen-bond acceptors (Lipinski definition) is 5. The standard InChI is InChI=1S/C20H28N3O3S/c1-15(2)13-23(14-17(24)9-8-16-6-4-3-5-7-16)27(25,26)18-10-11-19(21)20(22)12-18/h3-7,9-12,15,17,24H,8,13-14,21-22H2,1-2H3. The Morgan fingerprint density at radius 2 is 1.70 bits per heavy atom. The first-order chi connectivity index (χ1) is 12.7. The predicted octanol–water partition coefficient (Wildman–Crippen LogP) is 2.31. The summed E-state index contributed by atoms with van der Waals surface area (Å²) in [6.45, 7) is 4.14. The Hall–Kier alpha value is -2.09. The quantitative estimate of drug-likeness (QED) is 0.569. The van der Waals surface area contributed by atoms with Gasteiger partial charge in [0.25, 0.3) is 0 Å². The average molecular weight is 391 g/mol. The number of nitrogens with zero attached hydrogens (tertiary/aromatic N) is 1. The van der Waals surface area contributed by atoms with Crippen LogP contribution in [0.1, 0.15) is 19.4 Å². The molecule has 27 heavy (non-hydrogen) atoms. The van der Waals surface area contributed by atoms with E-state index in [0.717, 1.165) is 5.56 Å². The fourth-order valence-corrected chi connectivity index (χ4v) is 4.37. The molecule has 0 aliphatic heterocycles. The van der Waals surface area contributed by atoms with E-state index in [-0.39, 0.29) is 23.0 Å². The molecule has 2 aromatic rings. The van der Waals surface area contributed by atoms with Gasteiger partial charge in [-0.15, -0.1) is 0 Å². The number of hydrogen-bond donors (Lipinski definition) is 3. The van der Waals surface area contributed by atoms with Crippen molar-refractivity contribution in [1.29, 1.82) is 0 Å². The van der Waals surface area contributed by atoms with Crippen molar-refractivity contribution in [1.82, 2.24) is 4.31 Å². The van der Waals surface area contributed by atoms with E-state index in [0.29, 0.717) is 18.7 Å². The Bertz CT molecular complexity index is 839. The molecule has 5 N–H and O–H groups in total. The molecule has 1 radical (unpaired) electrons. The van der Waals surface area contributed by atoms with E-state index < -0.39 is 16.1 Å². The largest absolute Gasteiger partial charge is 0.397 e. The molecule has 2 rings (SSSR count). The minimum atomic E-state index is -3.80. The second kappa shape index (κ2) is 9.21. The molecule has 0 spiro atoms. The van der Waals surface area contributed by atoms with Crippen LogP contribution in [-0.4, -0.2) is 37.0 Å². The highest BCUT2D eigenvalue weighted by atomic mass is 32.2. The lowest BCUT2D eigenvalue weighted by atomic mass is 10.1. The maximum absolute atomic E-state index is 13.0. The van der Waals surface area contributed by atoms with E-state index in [9.17, 15) is 13.5 Å². The van der Waals surface area contributed by atoms with Crippen molar-refractivity contribution in [3.8, 4) is 0 Å². The normalized spacial score (nSPS) is 13.2. The zero-order valence-electron chi connectivity index (χ0n) is 15.7. The monoisotopic (exact) mass is 390 g/mol. The van der Waals surface area contributed by atoms with E-state index in [2.05, 4.69) is 0 Å². The molecule has 1 atom stereocenters. The highest BCUT2D eigenvalue weighted by molar-refractivity contribution is 7.89. The van der Waals surface area contributed by atoms with Crippen LogP contribution >= 0.6 is 0 Å². The molecular weight excluding hydrogens is 362 g/mol. The topological polar surface area (TPSA) is 110 Å². The van der Waals surface area contributed by atoms with E-state index in [4.69, 9.17) is 11.5 Å². The number of benzene rings is 2. The smallest absolute Gasteiger partial charge is 0.243 e. The second-order valence-electron chi connectivity index (χ2n) is 7.00. The molecule has 7 heteroatoms. The highest BCUT2D eigenvalue weighted by Gasteiger charge is 2.27. The summed E-state index contributed by atoms with van der Waals surface area (Å²) < 4.78 is 27.4. The first kappa shape index (κ1) is 21.2. The molecule has 1 unspecified atom stereocenters. The number of anilines is 2. The summed E-state index contributed by atoms with van der Waals surface area (Å²) in [5.41, 5.74) is 13.1. The molecule has 0 saturated heterocycles. The molecule has 0 bridgehead atoms. The van der Waals surface area contributed by atoms with Crippen molar-refractivity contribution in [2.45, 2.75) is 31.3 Å². The van der Waals surface area contributed by atoms with Crippen molar-refractivity contribution < 1.29 is 13.5 Å². The van der Waals surface area contributed by atoms with E-state index in [1.54, 1.807) is 6.42 Å².